The third kappa shape index (κ3) is 61.0. The minimum atomic E-state index is -4.40. The molecule has 0 aromatic rings. The second-order valence-corrected chi connectivity index (χ2v) is 20.9. The van der Waals surface area contributed by atoms with Gasteiger partial charge in [0.1, 0.15) is 6.61 Å². The number of esters is 2. The van der Waals surface area contributed by atoms with E-state index < -0.39 is 32.5 Å². The van der Waals surface area contributed by atoms with E-state index in [9.17, 15) is 19.0 Å². The highest BCUT2D eigenvalue weighted by Gasteiger charge is 2.26. The molecule has 3 N–H and O–H groups in total. The molecule has 0 aromatic heterocycles. The lowest BCUT2D eigenvalue weighted by Crippen LogP contribution is -2.29. The Morgan fingerprint density at radius 1 is 0.403 bits per heavy atom. The zero-order chi connectivity index (χ0) is 55.9. The van der Waals surface area contributed by atoms with Crippen molar-refractivity contribution in [1.29, 1.82) is 0 Å². The van der Waals surface area contributed by atoms with E-state index in [1.54, 1.807) is 0 Å². The largest absolute Gasteiger partial charge is 0.472 e. The molecule has 2 atom stereocenters. The zero-order valence-electron chi connectivity index (χ0n) is 48.6. The number of carbonyl (C=O) groups excluding carboxylic acids is 2. The Morgan fingerprint density at radius 2 is 0.714 bits per heavy atom. The molecule has 0 rings (SSSR count). The summed E-state index contributed by atoms with van der Waals surface area (Å²) in [4.78, 5) is 35.2. The van der Waals surface area contributed by atoms with Gasteiger partial charge in [0.25, 0.3) is 0 Å². The van der Waals surface area contributed by atoms with Gasteiger partial charge in [0.2, 0.25) is 0 Å². The van der Waals surface area contributed by atoms with Gasteiger partial charge in [0, 0.05) is 19.4 Å². The van der Waals surface area contributed by atoms with Gasteiger partial charge in [-0.15, -0.1) is 0 Å². The molecule has 0 spiro atoms. The Hall–Kier alpha value is -4.11. The standard InChI is InChI=1S/C67H110NO8P/c1-3-5-7-9-11-13-15-17-19-21-23-24-25-26-27-28-29-30-31-32-33-34-35-36-37-38-39-40-42-44-46-48-50-52-54-56-58-60-67(70)76-65(64-75-77(71,72)74-62-61-68)63-73-66(69)59-57-55-53-51-49-47-45-43-41-22-20-18-16-14-12-10-8-6-4-2/h5,7,11-14,17-20,23-24,26-27,29-30,32-33,35-36,38-39,42,44,65H,3-4,6,8-10,15-16,21-22,25,28,31,34,37,40-41,43,45-64,68H2,1-2H3,(H,71,72)/b7-5-,13-11-,14-12-,19-17-,20-18-,24-23-,27-26-,30-29-,33-32-,36-35-,39-38-,44-42-. The molecule has 77 heavy (non-hydrogen) atoms. The van der Waals surface area contributed by atoms with Crippen LogP contribution in [0.2, 0.25) is 0 Å². The Kier molecular flexibility index (Phi) is 57.8. The van der Waals surface area contributed by atoms with Crippen molar-refractivity contribution < 1.29 is 37.6 Å². The quantitative estimate of drug-likeness (QED) is 0.0264. The van der Waals surface area contributed by atoms with Crippen LogP contribution < -0.4 is 5.73 Å². The molecule has 436 valence electrons. The van der Waals surface area contributed by atoms with E-state index in [-0.39, 0.29) is 32.6 Å². The maximum atomic E-state index is 12.7. The Balaban J connectivity index is 4.05. The van der Waals surface area contributed by atoms with E-state index in [4.69, 9.17) is 24.3 Å². The fourth-order valence-corrected chi connectivity index (χ4v) is 8.52. The van der Waals surface area contributed by atoms with Gasteiger partial charge in [-0.25, -0.2) is 4.57 Å². The molecular weight excluding hydrogens is 978 g/mol. The number of nitrogens with two attached hydrogens (primary N) is 1. The molecule has 0 bridgehead atoms. The maximum absolute atomic E-state index is 12.7. The van der Waals surface area contributed by atoms with Crippen molar-refractivity contribution in [3.63, 3.8) is 0 Å². The summed E-state index contributed by atoms with van der Waals surface area (Å²) in [5.74, 6) is -0.858. The SMILES string of the molecule is CC/C=C\C/C=C\C/C=C\C/C=C\C/C=C\C/C=C\C/C=C\C/C=C\C/C=C\C/C=C\CCCCCCCCC(=O)OC(COC(=O)CCCCCCCCCCC/C=C\C/C=C\CCCCC)COP(=O)(O)OCCN. The monoisotopic (exact) mass is 1090 g/mol. The fourth-order valence-electron chi connectivity index (χ4n) is 7.75. The molecule has 2 unspecified atom stereocenters. The summed E-state index contributed by atoms with van der Waals surface area (Å²) in [6.07, 6.45) is 87.6. The topological polar surface area (TPSA) is 134 Å². The predicted octanol–water partition coefficient (Wildman–Crippen LogP) is 19.5. The molecule has 0 heterocycles. The summed E-state index contributed by atoms with van der Waals surface area (Å²) in [7, 11) is -4.40. The molecule has 0 saturated carbocycles. The fraction of sp³-hybridized carbons (Fsp3) is 0.612. The number of phosphoric acid groups is 1. The number of phosphoric ester groups is 1. The second kappa shape index (κ2) is 61.1. The third-order valence-electron chi connectivity index (χ3n) is 12.2. The van der Waals surface area contributed by atoms with Crippen molar-refractivity contribution >= 4 is 19.8 Å². The number of hydrogen-bond donors (Lipinski definition) is 2. The molecule has 0 saturated heterocycles. The Labute approximate surface area is 471 Å². The smallest absolute Gasteiger partial charge is 0.462 e. The lowest BCUT2D eigenvalue weighted by molar-refractivity contribution is -0.161. The summed E-state index contributed by atoms with van der Waals surface area (Å²) in [6.45, 7) is 3.57. The van der Waals surface area contributed by atoms with Gasteiger partial charge in [0.15, 0.2) is 6.10 Å². The first-order valence-electron chi connectivity index (χ1n) is 30.3. The number of ether oxygens (including phenoxy) is 2. The van der Waals surface area contributed by atoms with Crippen molar-refractivity contribution in [3.05, 3.63) is 146 Å². The van der Waals surface area contributed by atoms with Crippen LogP contribution in [0.1, 0.15) is 232 Å². The Morgan fingerprint density at radius 3 is 1.06 bits per heavy atom. The van der Waals surface area contributed by atoms with Crippen LogP contribution in [0.15, 0.2) is 146 Å². The molecule has 0 radical (unpaired) electrons. The first-order chi connectivity index (χ1) is 37.8. The normalized spacial score (nSPS) is 14.1. The van der Waals surface area contributed by atoms with Crippen LogP contribution in [0.4, 0.5) is 0 Å². The average molecular weight is 1090 g/mol. The van der Waals surface area contributed by atoms with Gasteiger partial charge >= 0.3 is 19.8 Å². The van der Waals surface area contributed by atoms with Crippen LogP contribution in [0, 0.1) is 0 Å². The van der Waals surface area contributed by atoms with Gasteiger partial charge in [0.05, 0.1) is 13.2 Å². The van der Waals surface area contributed by atoms with E-state index in [2.05, 4.69) is 160 Å². The van der Waals surface area contributed by atoms with E-state index in [0.717, 1.165) is 141 Å². The minimum Gasteiger partial charge on any atom is -0.462 e. The number of allylic oxidation sites excluding steroid dienone is 24. The van der Waals surface area contributed by atoms with Gasteiger partial charge in [-0.3, -0.25) is 18.6 Å². The van der Waals surface area contributed by atoms with Crippen molar-refractivity contribution in [1.82, 2.24) is 0 Å². The molecule has 0 aliphatic heterocycles. The molecule has 0 amide bonds. The van der Waals surface area contributed by atoms with Crippen molar-refractivity contribution in [2.75, 3.05) is 26.4 Å². The Bertz CT molecular complexity index is 1770. The van der Waals surface area contributed by atoms with Crippen LogP contribution in [-0.2, 0) is 32.7 Å². The van der Waals surface area contributed by atoms with Gasteiger partial charge < -0.3 is 20.1 Å². The minimum absolute atomic E-state index is 0.0427. The number of unbranched alkanes of at least 4 members (excludes halogenated alkanes) is 18. The number of carbonyl (C=O) groups is 2. The second-order valence-electron chi connectivity index (χ2n) is 19.5. The lowest BCUT2D eigenvalue weighted by atomic mass is 10.1. The highest BCUT2D eigenvalue weighted by atomic mass is 31.2. The number of rotatable bonds is 55. The van der Waals surface area contributed by atoms with Crippen LogP contribution in [-0.4, -0.2) is 49.3 Å². The van der Waals surface area contributed by atoms with Gasteiger partial charge in [-0.05, 0) is 122 Å². The summed E-state index contributed by atoms with van der Waals surface area (Å²) in [5, 5.41) is 0. The molecular formula is C67H110NO8P. The number of hydrogen-bond acceptors (Lipinski definition) is 8. The zero-order valence-corrected chi connectivity index (χ0v) is 49.5. The molecule has 9 nitrogen and oxygen atoms in total. The van der Waals surface area contributed by atoms with Gasteiger partial charge in [-0.2, -0.15) is 0 Å². The summed E-state index contributed by atoms with van der Waals surface area (Å²) >= 11 is 0. The maximum Gasteiger partial charge on any atom is 0.472 e. The van der Waals surface area contributed by atoms with Crippen molar-refractivity contribution in [3.8, 4) is 0 Å². The van der Waals surface area contributed by atoms with Gasteiger partial charge in [-0.1, -0.05) is 243 Å². The highest BCUT2D eigenvalue weighted by molar-refractivity contribution is 7.47. The van der Waals surface area contributed by atoms with Crippen molar-refractivity contribution in [2.45, 2.75) is 238 Å². The van der Waals surface area contributed by atoms with E-state index >= 15 is 0 Å². The average Bonchev–Trinajstić information content (AvgIpc) is 3.42. The van der Waals surface area contributed by atoms with E-state index in [0.29, 0.717) is 6.42 Å². The first-order valence-corrected chi connectivity index (χ1v) is 31.8. The summed E-state index contributed by atoms with van der Waals surface area (Å²) < 4.78 is 33.0. The summed E-state index contributed by atoms with van der Waals surface area (Å²) in [6, 6.07) is 0. The van der Waals surface area contributed by atoms with Crippen LogP contribution in [0.5, 0.6) is 0 Å². The first kappa shape index (κ1) is 72.9. The molecule has 0 aliphatic rings. The molecule has 10 heteroatoms. The third-order valence-corrected chi connectivity index (χ3v) is 13.2. The molecule has 0 aromatic carbocycles. The van der Waals surface area contributed by atoms with E-state index in [1.165, 1.54) is 57.8 Å². The lowest BCUT2D eigenvalue weighted by Gasteiger charge is -2.19. The van der Waals surface area contributed by atoms with Crippen LogP contribution in [0.3, 0.4) is 0 Å². The van der Waals surface area contributed by atoms with E-state index in [1.807, 2.05) is 0 Å². The molecule has 0 fully saturated rings. The van der Waals surface area contributed by atoms with Crippen LogP contribution in [0.25, 0.3) is 0 Å². The predicted molar refractivity (Wildman–Crippen MR) is 330 cm³/mol. The highest BCUT2D eigenvalue weighted by Crippen LogP contribution is 2.43. The van der Waals surface area contributed by atoms with Crippen LogP contribution >= 0.6 is 7.82 Å². The van der Waals surface area contributed by atoms with Crippen molar-refractivity contribution in [2.24, 2.45) is 5.73 Å². The summed E-state index contributed by atoms with van der Waals surface area (Å²) in [5.41, 5.74) is 5.38. The molecule has 0 aliphatic carbocycles.